The van der Waals surface area contributed by atoms with Gasteiger partial charge in [0.2, 0.25) is 0 Å². The Bertz CT molecular complexity index is 6310. The van der Waals surface area contributed by atoms with Crippen molar-refractivity contribution in [2.75, 3.05) is 27.1 Å². The molecule has 17 aromatic rings. The van der Waals surface area contributed by atoms with Crippen molar-refractivity contribution in [1.82, 2.24) is 69.8 Å². The van der Waals surface area contributed by atoms with Crippen LogP contribution < -0.4 is 11.1 Å². The minimum absolute atomic E-state index is 0.236. The number of methoxy groups -OCH3 is 3. The van der Waals surface area contributed by atoms with Crippen molar-refractivity contribution >= 4 is 175 Å². The summed E-state index contributed by atoms with van der Waals surface area (Å²) in [6.45, 7) is 5.69. The molecule has 0 aliphatic rings. The fourth-order valence-corrected chi connectivity index (χ4v) is 13.4. The van der Waals surface area contributed by atoms with Gasteiger partial charge in [-0.2, -0.15) is 20.4 Å². The zero-order valence-electron chi connectivity index (χ0n) is 59.6. The number of pyridine rings is 5. The van der Waals surface area contributed by atoms with E-state index in [0.717, 1.165) is 126 Å². The zero-order valence-corrected chi connectivity index (χ0v) is 63.4. The van der Waals surface area contributed by atoms with E-state index in [2.05, 4.69) is 60.5 Å². The fourth-order valence-electron chi connectivity index (χ4n) is 12.6. The van der Waals surface area contributed by atoms with E-state index >= 15 is 0 Å². The van der Waals surface area contributed by atoms with Gasteiger partial charge in [-0.3, -0.25) is 43.9 Å². The smallest absolute Gasteiger partial charge is 0.359 e. The molecule has 0 saturated carbocycles. The molecular formula is C83H66Cl5N15O7. The highest BCUT2D eigenvalue weighted by Gasteiger charge is 2.22. The number of ether oxygens (including phenoxy) is 3. The number of hydrogen-bond acceptors (Lipinski definition) is 17. The molecule has 0 fully saturated rings. The summed E-state index contributed by atoms with van der Waals surface area (Å²) in [7, 11) is 4.07. The van der Waals surface area contributed by atoms with Crippen LogP contribution in [0, 0.1) is 13.8 Å². The Morgan fingerprint density at radius 1 is 0.445 bits per heavy atom. The number of nitrogens with one attached hydrogen (secondary N) is 2. The third-order valence-electron chi connectivity index (χ3n) is 17.8. The fraction of sp³-hybridized carbons (Fsp3) is 0.120. The number of H-pyrrole nitrogens is 1. The Morgan fingerprint density at radius 2 is 0.864 bits per heavy atom. The highest BCUT2D eigenvalue weighted by Crippen LogP contribution is 2.29. The summed E-state index contributed by atoms with van der Waals surface area (Å²) in [5, 5.41) is 32.8. The molecule has 4 N–H and O–H groups in total. The second-order valence-corrected chi connectivity index (χ2v) is 27.1. The first-order chi connectivity index (χ1) is 53.3. The first-order valence-corrected chi connectivity index (χ1v) is 36.1. The molecule has 8 aromatic carbocycles. The molecule has 550 valence electrons. The van der Waals surface area contributed by atoms with Crippen LogP contribution in [-0.2, 0) is 46.3 Å². The predicted molar refractivity (Wildman–Crippen MR) is 432 cm³/mol. The minimum Gasteiger partial charge on any atom is -0.464 e. The average Bonchev–Trinajstić information content (AvgIpc) is 1.63. The third kappa shape index (κ3) is 17.4. The molecule has 0 aliphatic carbocycles. The number of carbonyl (C=O) groups excluding carboxylic acids is 4. The van der Waals surface area contributed by atoms with Gasteiger partial charge in [-0.1, -0.05) is 143 Å². The van der Waals surface area contributed by atoms with Gasteiger partial charge >= 0.3 is 17.9 Å². The number of benzene rings is 8. The number of nitrogens with zero attached hydrogens (tertiary/aromatic N) is 12. The Hall–Kier alpha value is -12.4. The Kier molecular flexibility index (Phi) is 23.6. The number of carbonyl (C=O) groups is 4. The van der Waals surface area contributed by atoms with Crippen LogP contribution in [0.15, 0.2) is 225 Å². The van der Waals surface area contributed by atoms with Crippen LogP contribution in [0.4, 0.5) is 5.82 Å². The van der Waals surface area contributed by atoms with Crippen molar-refractivity contribution in [3.05, 3.63) is 307 Å². The van der Waals surface area contributed by atoms with Crippen molar-refractivity contribution in [2.45, 2.75) is 45.9 Å². The third-order valence-corrected chi connectivity index (χ3v) is 18.9. The summed E-state index contributed by atoms with van der Waals surface area (Å²) < 4.78 is 19.7. The maximum absolute atomic E-state index is 13.1. The van der Waals surface area contributed by atoms with Gasteiger partial charge in [-0.25, -0.2) is 19.4 Å². The number of rotatable bonds is 13. The predicted octanol–water partition coefficient (Wildman–Crippen LogP) is 17.9. The second-order valence-electron chi connectivity index (χ2n) is 25.1. The number of anilines is 1. The van der Waals surface area contributed by atoms with Crippen molar-refractivity contribution < 1.29 is 33.4 Å². The summed E-state index contributed by atoms with van der Waals surface area (Å²) in [6, 6.07) is 63.4. The number of aromatic nitrogens is 13. The molecule has 27 heteroatoms. The van der Waals surface area contributed by atoms with Crippen molar-refractivity contribution in [2.24, 2.45) is 0 Å². The molecule has 9 aromatic heterocycles. The molecule has 9 heterocycles. The standard InChI is InChI=1S/C26H23ClN6O.2C19H14ClN3O2.C10H7Cl2N.C9H8N2O2/c1-15-9-24(28)31-16(2)21(15)13-30-26(34)25-20-5-3-4-6-23(20)33(32-25)14-17-7-8-22-18(10-17)11-19(27)12-29-22;1-25-19(24)18-15-4-2-3-5-17(15)23(22-18)11-12-6-7-16-13(8-12)9-14(20)10-21-16;1-25-19(24)18-15-4-2-3-5-17(15)22-23(18)11-12-6-7-16-13(8-12)9-14(20)10-21-16;11-5-7-1-2-10-8(3-7)4-9(12)6-13-10;1-13-9(12)8-6-4-2-3-5-7(6)10-11-8/h3-12H,13-14H2,1-2H3,(H2,28,31)(H,30,34);2*2-10H,11H2,1H3;1-4,6H,5H2;2-5H,1H3,(H,10,11). The van der Waals surface area contributed by atoms with Crippen LogP contribution in [-0.4, -0.2) is 110 Å². The van der Waals surface area contributed by atoms with Gasteiger partial charge in [0.15, 0.2) is 22.8 Å². The van der Waals surface area contributed by atoms with Crippen LogP contribution in [0.3, 0.4) is 0 Å². The Morgan fingerprint density at radius 3 is 1.35 bits per heavy atom. The van der Waals surface area contributed by atoms with E-state index in [-0.39, 0.29) is 5.91 Å². The zero-order chi connectivity index (χ0) is 77.1. The van der Waals surface area contributed by atoms with Crippen molar-refractivity contribution in [3.8, 4) is 0 Å². The number of aryl methyl sites for hydroxylation is 2. The van der Waals surface area contributed by atoms with E-state index in [0.29, 0.717) is 80.7 Å². The van der Waals surface area contributed by atoms with E-state index < -0.39 is 17.9 Å². The lowest BCUT2D eigenvalue weighted by Gasteiger charge is -2.11. The van der Waals surface area contributed by atoms with Crippen LogP contribution in [0.5, 0.6) is 0 Å². The number of amides is 1. The largest absolute Gasteiger partial charge is 0.464 e. The van der Waals surface area contributed by atoms with E-state index in [9.17, 15) is 19.2 Å². The molecular weight excluding hydrogens is 1500 g/mol. The van der Waals surface area contributed by atoms with E-state index in [1.54, 1.807) is 34.2 Å². The lowest BCUT2D eigenvalue weighted by Crippen LogP contribution is -2.25. The molecule has 0 spiro atoms. The van der Waals surface area contributed by atoms with Crippen LogP contribution in [0.2, 0.25) is 20.1 Å². The highest BCUT2D eigenvalue weighted by molar-refractivity contribution is 6.32. The first kappa shape index (κ1) is 75.8. The number of alkyl halides is 1. The molecule has 0 radical (unpaired) electrons. The lowest BCUT2D eigenvalue weighted by molar-refractivity contribution is 0.0582. The molecule has 0 saturated heterocycles. The highest BCUT2D eigenvalue weighted by atomic mass is 35.5. The van der Waals surface area contributed by atoms with Gasteiger partial charge in [-0.15, -0.1) is 11.6 Å². The van der Waals surface area contributed by atoms with Gasteiger partial charge in [0.25, 0.3) is 5.91 Å². The molecule has 0 aliphatic heterocycles. The van der Waals surface area contributed by atoms with Gasteiger partial charge in [-0.05, 0) is 150 Å². The number of halogens is 5. The molecule has 110 heavy (non-hydrogen) atoms. The van der Waals surface area contributed by atoms with Gasteiger partial charge in [0, 0.05) is 86.0 Å². The van der Waals surface area contributed by atoms with Crippen molar-refractivity contribution in [1.29, 1.82) is 0 Å². The summed E-state index contributed by atoms with van der Waals surface area (Å²) in [6.07, 6.45) is 6.54. The molecule has 0 bridgehead atoms. The van der Waals surface area contributed by atoms with Crippen LogP contribution in [0.1, 0.15) is 81.0 Å². The van der Waals surface area contributed by atoms with Crippen LogP contribution >= 0.6 is 58.0 Å². The first-order valence-electron chi connectivity index (χ1n) is 34.1. The molecule has 0 atom stereocenters. The van der Waals surface area contributed by atoms with Gasteiger partial charge in [0.1, 0.15) is 5.82 Å². The maximum Gasteiger partial charge on any atom is 0.359 e. The number of hydrogen-bond donors (Lipinski definition) is 3. The van der Waals surface area contributed by atoms with Gasteiger partial charge in [0.05, 0.1) is 105 Å². The molecule has 22 nitrogen and oxygen atoms in total. The average molecular weight is 1560 g/mol. The number of esters is 3. The van der Waals surface area contributed by atoms with E-state index in [1.807, 2.05) is 219 Å². The number of para-hydroxylation sites is 3. The van der Waals surface area contributed by atoms with E-state index in [1.165, 1.54) is 21.3 Å². The number of nitrogen functional groups attached to an aromatic ring is 1. The summed E-state index contributed by atoms with van der Waals surface area (Å²) in [5.41, 5.74) is 21.2. The summed E-state index contributed by atoms with van der Waals surface area (Å²) in [4.78, 5) is 70.0. The van der Waals surface area contributed by atoms with Gasteiger partial charge < -0.3 is 25.3 Å². The van der Waals surface area contributed by atoms with Crippen molar-refractivity contribution in [3.63, 3.8) is 0 Å². The second kappa shape index (κ2) is 34.2. The normalized spacial score (nSPS) is 11.0. The Balaban J connectivity index is 0.000000126. The molecule has 1 amide bonds. The van der Waals surface area contributed by atoms with E-state index in [4.69, 9.17) is 73.2 Å². The van der Waals surface area contributed by atoms with Crippen LogP contribution in [0.25, 0.3) is 87.2 Å². The SMILES string of the molecule is COC(=O)c1c2ccccc2nn1Cc1ccc2ncc(Cl)cc2c1.COC(=O)c1n[nH]c2ccccc12.COC(=O)c1nn(Cc2ccc3ncc(Cl)cc3c2)c2ccccc12.Cc1cc(N)nc(C)c1CNC(=O)c1nn(Cc2ccc3ncc(Cl)cc3c2)c2ccccc12.ClCc1ccc2ncc(Cl)cc2c1. The number of nitrogens with two attached hydrogens (primary N) is 1. The summed E-state index contributed by atoms with van der Waals surface area (Å²) >= 11 is 29.7. The minimum atomic E-state index is -0.440. The molecule has 0 unspecified atom stereocenters. The maximum atomic E-state index is 13.1. The Labute approximate surface area is 653 Å². The topological polar surface area (TPSA) is 281 Å². The quantitative estimate of drug-likeness (QED) is 0.0549. The lowest BCUT2D eigenvalue weighted by atomic mass is 10.1. The molecule has 17 rings (SSSR count). The number of fused-ring (bicyclic) bond motifs is 8. The number of aromatic amines is 1. The monoisotopic (exact) mass is 1560 g/mol. The summed E-state index contributed by atoms with van der Waals surface area (Å²) in [5.74, 6) is -0.509.